The van der Waals surface area contributed by atoms with Crippen LogP contribution in [0.4, 0.5) is 0 Å². The van der Waals surface area contributed by atoms with Crippen molar-refractivity contribution in [2.75, 3.05) is 0 Å². The molecule has 2 N–H and O–H groups in total. The van der Waals surface area contributed by atoms with Crippen LogP contribution in [0.25, 0.3) is 0 Å². The highest BCUT2D eigenvalue weighted by atomic mass is 16.3. The van der Waals surface area contributed by atoms with Crippen LogP contribution in [0.1, 0.15) is 64.7 Å². The molecular formula is C14H27NO. The Hall–Kier alpha value is -0.0800. The van der Waals surface area contributed by atoms with Crippen molar-refractivity contribution >= 4 is 0 Å². The largest absolute Gasteiger partial charge is 0.392 e. The maximum atomic E-state index is 10.1. The van der Waals surface area contributed by atoms with Gasteiger partial charge in [0, 0.05) is 12.1 Å². The van der Waals surface area contributed by atoms with Crippen LogP contribution in [-0.2, 0) is 0 Å². The zero-order chi connectivity index (χ0) is 11.4. The summed E-state index contributed by atoms with van der Waals surface area (Å²) >= 11 is 0. The van der Waals surface area contributed by atoms with Crippen LogP contribution in [0.5, 0.6) is 0 Å². The van der Waals surface area contributed by atoms with Gasteiger partial charge in [0.15, 0.2) is 0 Å². The van der Waals surface area contributed by atoms with Gasteiger partial charge in [0.1, 0.15) is 0 Å². The summed E-state index contributed by atoms with van der Waals surface area (Å²) < 4.78 is 0. The minimum Gasteiger partial charge on any atom is -0.392 e. The third-order valence-corrected chi connectivity index (χ3v) is 4.52. The minimum absolute atomic E-state index is 0.100. The summed E-state index contributed by atoms with van der Waals surface area (Å²) in [4.78, 5) is 0. The Morgan fingerprint density at radius 1 is 0.812 bits per heavy atom. The normalized spacial score (nSPS) is 41.6. The van der Waals surface area contributed by atoms with Crippen LogP contribution in [0.15, 0.2) is 0 Å². The molecule has 4 unspecified atom stereocenters. The van der Waals surface area contributed by atoms with Crippen LogP contribution in [-0.4, -0.2) is 23.3 Å². The molecule has 0 aromatic rings. The maximum absolute atomic E-state index is 10.1. The van der Waals surface area contributed by atoms with E-state index in [2.05, 4.69) is 12.2 Å². The van der Waals surface area contributed by atoms with Gasteiger partial charge >= 0.3 is 0 Å². The number of hydrogen-bond donors (Lipinski definition) is 2. The van der Waals surface area contributed by atoms with Gasteiger partial charge in [0.25, 0.3) is 0 Å². The summed E-state index contributed by atoms with van der Waals surface area (Å²) in [6.45, 7) is 2.36. The van der Waals surface area contributed by atoms with Crippen molar-refractivity contribution in [3.8, 4) is 0 Å². The molecule has 2 aliphatic rings. The monoisotopic (exact) mass is 225 g/mol. The number of aliphatic hydroxyl groups is 1. The molecule has 2 saturated carbocycles. The first kappa shape index (κ1) is 12.4. The Balaban J connectivity index is 1.86. The quantitative estimate of drug-likeness (QED) is 0.708. The number of hydrogen-bond acceptors (Lipinski definition) is 2. The summed E-state index contributed by atoms with van der Waals surface area (Å²) in [6, 6.07) is 1.03. The van der Waals surface area contributed by atoms with Gasteiger partial charge in [0.2, 0.25) is 0 Å². The van der Waals surface area contributed by atoms with Gasteiger partial charge in [0.05, 0.1) is 6.10 Å². The average Bonchev–Trinajstić information content (AvgIpc) is 2.48. The number of nitrogens with one attached hydrogen (secondary N) is 1. The van der Waals surface area contributed by atoms with Gasteiger partial charge in [-0.05, 0) is 31.6 Å². The molecule has 16 heavy (non-hydrogen) atoms. The molecule has 94 valence electrons. The first-order valence-electron chi connectivity index (χ1n) is 7.21. The molecule has 0 bridgehead atoms. The van der Waals surface area contributed by atoms with E-state index in [9.17, 15) is 5.11 Å². The van der Waals surface area contributed by atoms with E-state index in [4.69, 9.17) is 0 Å². The van der Waals surface area contributed by atoms with Crippen LogP contribution in [0.2, 0.25) is 0 Å². The van der Waals surface area contributed by atoms with Gasteiger partial charge in [-0.1, -0.05) is 39.0 Å². The van der Waals surface area contributed by atoms with E-state index in [0.29, 0.717) is 12.1 Å². The molecule has 2 fully saturated rings. The summed E-state index contributed by atoms with van der Waals surface area (Å²) in [6.07, 6.45) is 11.3. The van der Waals surface area contributed by atoms with Crippen LogP contribution in [0.3, 0.4) is 0 Å². The molecule has 2 rings (SSSR count). The molecule has 0 amide bonds. The summed E-state index contributed by atoms with van der Waals surface area (Å²) in [7, 11) is 0. The van der Waals surface area contributed by atoms with Crippen molar-refractivity contribution in [1.29, 1.82) is 0 Å². The molecule has 0 spiro atoms. The Kier molecular flexibility index (Phi) is 4.66. The molecule has 0 heterocycles. The lowest BCUT2D eigenvalue weighted by molar-refractivity contribution is 0.102. The van der Waals surface area contributed by atoms with Crippen molar-refractivity contribution in [3.63, 3.8) is 0 Å². The molecule has 0 aromatic heterocycles. The maximum Gasteiger partial charge on any atom is 0.0693 e. The van der Waals surface area contributed by atoms with Crippen molar-refractivity contribution in [1.82, 2.24) is 5.32 Å². The van der Waals surface area contributed by atoms with Gasteiger partial charge in [-0.2, -0.15) is 0 Å². The standard InChI is InChI=1S/C14H27NO/c1-11-7-5-6-8-12(11)15-13-9-3-2-4-10-14(13)16/h11-16H,2-10H2,1H3. The summed E-state index contributed by atoms with van der Waals surface area (Å²) in [5.74, 6) is 0.796. The van der Waals surface area contributed by atoms with Crippen molar-refractivity contribution < 1.29 is 5.11 Å². The van der Waals surface area contributed by atoms with E-state index in [1.807, 2.05) is 0 Å². The predicted octanol–water partition coefficient (Wildman–Crippen LogP) is 2.85. The van der Waals surface area contributed by atoms with E-state index >= 15 is 0 Å². The zero-order valence-electron chi connectivity index (χ0n) is 10.6. The molecule has 0 aromatic carbocycles. The molecule has 4 atom stereocenters. The van der Waals surface area contributed by atoms with E-state index in [0.717, 1.165) is 12.3 Å². The lowest BCUT2D eigenvalue weighted by Gasteiger charge is -2.34. The first-order chi connectivity index (χ1) is 7.77. The highest BCUT2D eigenvalue weighted by Gasteiger charge is 2.27. The first-order valence-corrected chi connectivity index (χ1v) is 7.21. The van der Waals surface area contributed by atoms with Crippen molar-refractivity contribution in [3.05, 3.63) is 0 Å². The molecular weight excluding hydrogens is 198 g/mol. The highest BCUT2D eigenvalue weighted by molar-refractivity contribution is 4.86. The topological polar surface area (TPSA) is 32.3 Å². The van der Waals surface area contributed by atoms with E-state index in [1.54, 1.807) is 0 Å². The van der Waals surface area contributed by atoms with Crippen molar-refractivity contribution in [2.24, 2.45) is 5.92 Å². The van der Waals surface area contributed by atoms with Crippen LogP contribution in [0, 0.1) is 5.92 Å². The second kappa shape index (κ2) is 6.02. The van der Waals surface area contributed by atoms with Gasteiger partial charge in [-0.15, -0.1) is 0 Å². The summed E-state index contributed by atoms with van der Waals surface area (Å²) in [5.41, 5.74) is 0. The second-order valence-electron chi connectivity index (χ2n) is 5.85. The lowest BCUT2D eigenvalue weighted by atomic mass is 9.85. The van der Waals surface area contributed by atoms with Crippen LogP contribution < -0.4 is 5.32 Å². The Bertz CT molecular complexity index is 207. The second-order valence-corrected chi connectivity index (χ2v) is 5.85. The third-order valence-electron chi connectivity index (χ3n) is 4.52. The molecule has 0 saturated heterocycles. The molecule has 2 nitrogen and oxygen atoms in total. The predicted molar refractivity (Wildman–Crippen MR) is 67.4 cm³/mol. The molecule has 2 aliphatic carbocycles. The molecule has 0 radical (unpaired) electrons. The number of aliphatic hydroxyl groups excluding tert-OH is 1. The third kappa shape index (κ3) is 3.21. The van der Waals surface area contributed by atoms with Crippen LogP contribution >= 0.6 is 0 Å². The Morgan fingerprint density at radius 3 is 2.25 bits per heavy atom. The lowest BCUT2D eigenvalue weighted by Crippen LogP contribution is -2.48. The fraction of sp³-hybridized carbons (Fsp3) is 1.00. The smallest absolute Gasteiger partial charge is 0.0693 e. The van der Waals surface area contributed by atoms with E-state index in [1.165, 1.54) is 51.4 Å². The van der Waals surface area contributed by atoms with Gasteiger partial charge < -0.3 is 10.4 Å². The Labute approximate surface area is 99.8 Å². The minimum atomic E-state index is -0.100. The molecule has 2 heteroatoms. The van der Waals surface area contributed by atoms with E-state index in [-0.39, 0.29) is 6.10 Å². The van der Waals surface area contributed by atoms with E-state index < -0.39 is 0 Å². The fourth-order valence-electron chi connectivity index (χ4n) is 3.32. The Morgan fingerprint density at radius 2 is 1.44 bits per heavy atom. The van der Waals surface area contributed by atoms with Crippen molar-refractivity contribution in [2.45, 2.75) is 82.9 Å². The fourth-order valence-corrected chi connectivity index (χ4v) is 3.32. The van der Waals surface area contributed by atoms with Gasteiger partial charge in [-0.25, -0.2) is 0 Å². The molecule has 0 aliphatic heterocycles. The zero-order valence-corrected chi connectivity index (χ0v) is 10.6. The average molecular weight is 225 g/mol. The number of rotatable bonds is 2. The SMILES string of the molecule is CC1CCCCC1NC1CCCCCC1O. The summed E-state index contributed by atoms with van der Waals surface area (Å²) in [5, 5.41) is 13.9. The van der Waals surface area contributed by atoms with Gasteiger partial charge in [-0.3, -0.25) is 0 Å². The highest BCUT2D eigenvalue weighted by Crippen LogP contribution is 2.26.